The maximum absolute atomic E-state index is 12.6. The van der Waals surface area contributed by atoms with Crippen LogP contribution in [0, 0.1) is 10.1 Å². The van der Waals surface area contributed by atoms with E-state index in [1.165, 1.54) is 0 Å². The van der Waals surface area contributed by atoms with E-state index in [1.807, 2.05) is 6.07 Å². The van der Waals surface area contributed by atoms with Crippen molar-refractivity contribution in [2.24, 2.45) is 0 Å². The zero-order valence-corrected chi connectivity index (χ0v) is 13.7. The Morgan fingerprint density at radius 1 is 1.29 bits per heavy atom. The van der Waals surface area contributed by atoms with Crippen LogP contribution in [-0.2, 0) is 14.4 Å². The largest absolute Gasteiger partial charge is 0.462 e. The maximum atomic E-state index is 12.6. The molecule has 2 aliphatic heterocycles. The number of carbonyl (C=O) groups excluding carboxylic acids is 1. The Balaban J connectivity index is 1.66. The molecule has 7 heteroatoms. The van der Waals surface area contributed by atoms with Gasteiger partial charge in [-0.1, -0.05) is 30.3 Å². The highest BCUT2D eigenvalue weighted by Gasteiger charge is 2.40. The second kappa shape index (κ2) is 7.17. The third-order valence-electron chi connectivity index (χ3n) is 5.17. The van der Waals surface area contributed by atoms with Crippen LogP contribution in [0.2, 0.25) is 0 Å². The maximum Gasteiger partial charge on any atom is 0.315 e. The second-order valence-electron chi connectivity index (χ2n) is 6.56. The van der Waals surface area contributed by atoms with Gasteiger partial charge in [0.15, 0.2) is 0 Å². The van der Waals surface area contributed by atoms with Gasteiger partial charge in [-0.2, -0.15) is 0 Å². The van der Waals surface area contributed by atoms with E-state index in [9.17, 15) is 14.9 Å². The molecule has 7 nitrogen and oxygen atoms in total. The van der Waals surface area contributed by atoms with Crippen molar-refractivity contribution < 1.29 is 19.5 Å². The molecule has 3 rings (SSSR count). The summed E-state index contributed by atoms with van der Waals surface area (Å²) >= 11 is 0. The van der Waals surface area contributed by atoms with Crippen molar-refractivity contribution in [2.75, 3.05) is 13.7 Å². The van der Waals surface area contributed by atoms with Gasteiger partial charge in [0.25, 0.3) is 5.09 Å². The minimum absolute atomic E-state index is 0.118. The van der Waals surface area contributed by atoms with Crippen LogP contribution < -0.4 is 0 Å². The zero-order chi connectivity index (χ0) is 17.1. The first-order chi connectivity index (χ1) is 11.5. The number of hydrogen-bond donors (Lipinski definition) is 0. The highest BCUT2D eigenvalue weighted by atomic mass is 16.9. The fourth-order valence-electron chi connectivity index (χ4n) is 3.83. The Morgan fingerprint density at radius 3 is 2.50 bits per heavy atom. The van der Waals surface area contributed by atoms with E-state index in [0.29, 0.717) is 17.6 Å². The van der Waals surface area contributed by atoms with E-state index >= 15 is 0 Å². The van der Waals surface area contributed by atoms with E-state index in [1.54, 1.807) is 24.3 Å². The van der Waals surface area contributed by atoms with Gasteiger partial charge in [0, 0.05) is 12.1 Å². The van der Waals surface area contributed by atoms with Gasteiger partial charge in [-0.15, -0.1) is 10.1 Å². The van der Waals surface area contributed by atoms with Crippen molar-refractivity contribution in [3.05, 3.63) is 46.0 Å². The lowest BCUT2D eigenvalue weighted by Crippen LogP contribution is -2.44. The number of fused-ring (bicyclic) bond motifs is 2. The molecule has 130 valence electrons. The van der Waals surface area contributed by atoms with E-state index in [0.717, 1.165) is 25.7 Å². The standard InChI is InChI=1S/C17H22N2O5/c1-18-13-7-8-14(18)10-15(9-13)24-17(20)16(11-23-19(21)22)12-5-3-2-4-6-12/h2-6,13-16H,7-11H2,1H3. The molecule has 0 spiro atoms. The van der Waals surface area contributed by atoms with Crippen LogP contribution in [0.25, 0.3) is 0 Å². The Bertz CT molecular complexity index is 580. The second-order valence-corrected chi connectivity index (χ2v) is 6.56. The number of esters is 1. The highest BCUT2D eigenvalue weighted by molar-refractivity contribution is 5.78. The summed E-state index contributed by atoms with van der Waals surface area (Å²) in [7, 11) is 2.12. The average Bonchev–Trinajstić information content (AvgIpc) is 2.77. The smallest absolute Gasteiger partial charge is 0.315 e. The van der Waals surface area contributed by atoms with Crippen molar-refractivity contribution in [2.45, 2.75) is 49.8 Å². The topological polar surface area (TPSA) is 81.9 Å². The minimum atomic E-state index is -0.876. The van der Waals surface area contributed by atoms with Gasteiger partial charge in [0.1, 0.15) is 18.6 Å². The van der Waals surface area contributed by atoms with E-state index < -0.39 is 17.0 Å². The van der Waals surface area contributed by atoms with E-state index in [4.69, 9.17) is 4.74 Å². The van der Waals surface area contributed by atoms with Crippen LogP contribution in [0.1, 0.15) is 37.2 Å². The molecule has 0 saturated carbocycles. The molecule has 1 aromatic carbocycles. The number of hydrogen-bond acceptors (Lipinski definition) is 6. The Labute approximate surface area is 140 Å². The molecular weight excluding hydrogens is 312 g/mol. The molecular formula is C17H22N2O5. The van der Waals surface area contributed by atoms with Crippen LogP contribution in [0.3, 0.4) is 0 Å². The molecule has 0 aliphatic carbocycles. The molecule has 2 fully saturated rings. The number of piperidine rings is 1. The highest BCUT2D eigenvalue weighted by Crippen LogP contribution is 2.36. The predicted octanol–water partition coefficient (Wildman–Crippen LogP) is 2.15. The lowest BCUT2D eigenvalue weighted by Gasteiger charge is -2.36. The summed E-state index contributed by atoms with van der Waals surface area (Å²) in [5.74, 6) is -1.23. The van der Waals surface area contributed by atoms with Gasteiger partial charge < -0.3 is 14.5 Å². The van der Waals surface area contributed by atoms with Crippen molar-refractivity contribution in [3.63, 3.8) is 0 Å². The van der Waals surface area contributed by atoms with Crippen molar-refractivity contribution in [1.82, 2.24) is 4.90 Å². The number of ether oxygens (including phenoxy) is 1. The summed E-state index contributed by atoms with van der Waals surface area (Å²) in [6, 6.07) is 9.85. The Kier molecular flexibility index (Phi) is 4.99. The summed E-state index contributed by atoms with van der Waals surface area (Å²) in [4.78, 5) is 29.9. The molecule has 1 aromatic rings. The van der Waals surface area contributed by atoms with Gasteiger partial charge in [0.2, 0.25) is 0 Å². The molecule has 2 heterocycles. The fraction of sp³-hybridized carbons (Fsp3) is 0.588. The van der Waals surface area contributed by atoms with E-state index in [-0.39, 0.29) is 12.7 Å². The van der Waals surface area contributed by atoms with Gasteiger partial charge in [-0.25, -0.2) is 0 Å². The lowest BCUT2D eigenvalue weighted by molar-refractivity contribution is -0.758. The monoisotopic (exact) mass is 334 g/mol. The van der Waals surface area contributed by atoms with Crippen molar-refractivity contribution >= 4 is 5.97 Å². The molecule has 3 unspecified atom stereocenters. The van der Waals surface area contributed by atoms with Crippen molar-refractivity contribution in [3.8, 4) is 0 Å². The molecule has 0 aromatic heterocycles. The van der Waals surface area contributed by atoms with Crippen molar-refractivity contribution in [1.29, 1.82) is 0 Å². The van der Waals surface area contributed by atoms with Crippen LogP contribution >= 0.6 is 0 Å². The molecule has 0 radical (unpaired) electrons. The average molecular weight is 334 g/mol. The lowest BCUT2D eigenvalue weighted by atomic mass is 9.98. The van der Waals surface area contributed by atoms with Crippen LogP contribution in [-0.4, -0.2) is 47.8 Å². The number of nitrogens with zero attached hydrogens (tertiary/aromatic N) is 2. The summed E-state index contributed by atoms with van der Waals surface area (Å²) in [6.07, 6.45) is 3.82. The van der Waals surface area contributed by atoms with E-state index in [2.05, 4.69) is 16.8 Å². The van der Waals surface area contributed by atoms with Crippen LogP contribution in [0.5, 0.6) is 0 Å². The minimum Gasteiger partial charge on any atom is -0.462 e. The summed E-state index contributed by atoms with van der Waals surface area (Å²) < 4.78 is 5.70. The fourth-order valence-corrected chi connectivity index (χ4v) is 3.83. The van der Waals surface area contributed by atoms with Gasteiger partial charge in [-0.3, -0.25) is 4.79 Å². The first-order valence-corrected chi connectivity index (χ1v) is 8.29. The third kappa shape index (κ3) is 3.67. The van der Waals surface area contributed by atoms with Gasteiger partial charge >= 0.3 is 5.97 Å². The third-order valence-corrected chi connectivity index (χ3v) is 5.17. The SMILES string of the molecule is CN1C2CCC1CC(OC(=O)C(CO[N+](=O)[O-])c1ccccc1)C2. The summed E-state index contributed by atoms with van der Waals surface area (Å²) in [5.41, 5.74) is 0.667. The number of rotatable bonds is 6. The summed E-state index contributed by atoms with van der Waals surface area (Å²) in [6.45, 7) is -0.324. The Hall–Kier alpha value is -2.15. The Morgan fingerprint density at radius 2 is 1.92 bits per heavy atom. The van der Waals surface area contributed by atoms with Crippen LogP contribution in [0.4, 0.5) is 0 Å². The molecule has 2 aliphatic rings. The molecule has 0 N–H and O–H groups in total. The van der Waals surface area contributed by atoms with Crippen LogP contribution in [0.15, 0.2) is 30.3 Å². The molecule has 2 bridgehead atoms. The summed E-state index contributed by atoms with van der Waals surface area (Å²) in [5, 5.41) is 9.63. The molecule has 2 saturated heterocycles. The molecule has 24 heavy (non-hydrogen) atoms. The normalized spacial score (nSPS) is 27.5. The quantitative estimate of drug-likeness (QED) is 0.450. The van der Waals surface area contributed by atoms with Gasteiger partial charge in [-0.05, 0) is 38.3 Å². The predicted molar refractivity (Wildman–Crippen MR) is 85.8 cm³/mol. The first-order valence-electron chi connectivity index (χ1n) is 8.29. The molecule has 3 atom stereocenters. The first kappa shape index (κ1) is 16.7. The van der Waals surface area contributed by atoms with Gasteiger partial charge in [0.05, 0.1) is 0 Å². The zero-order valence-electron chi connectivity index (χ0n) is 13.7. The molecule has 0 amide bonds. The number of benzene rings is 1. The number of carbonyl (C=O) groups is 1.